The average Bonchev–Trinajstić information content (AvgIpc) is 2.37. The van der Waals surface area contributed by atoms with Crippen molar-refractivity contribution in [1.29, 1.82) is 0 Å². The van der Waals surface area contributed by atoms with E-state index in [0.717, 1.165) is 16.3 Å². The van der Waals surface area contributed by atoms with Crippen LogP contribution in [0.3, 0.4) is 0 Å². The molecule has 0 aromatic heterocycles. The first-order chi connectivity index (χ1) is 9.45. The number of nitrogens with one attached hydrogen (secondary N) is 1. The zero-order valence-corrected chi connectivity index (χ0v) is 11.2. The molecule has 0 radical (unpaired) electrons. The summed E-state index contributed by atoms with van der Waals surface area (Å²) in [4.78, 5) is 22.2. The predicted octanol–water partition coefficient (Wildman–Crippen LogP) is 1.21. The van der Waals surface area contributed by atoms with Crippen LogP contribution in [0.4, 0.5) is 4.79 Å². The van der Waals surface area contributed by atoms with Crippen LogP contribution in [0.15, 0.2) is 36.4 Å². The smallest absolute Gasteiger partial charge is 0.312 e. The van der Waals surface area contributed by atoms with Gasteiger partial charge < -0.3 is 16.8 Å². The van der Waals surface area contributed by atoms with Gasteiger partial charge in [-0.25, -0.2) is 4.79 Å². The Morgan fingerprint density at radius 2 is 1.75 bits per heavy atom. The van der Waals surface area contributed by atoms with Crippen molar-refractivity contribution in [3.05, 3.63) is 47.5 Å². The molecule has 20 heavy (non-hydrogen) atoms. The standard InChI is InChI=1S/C15H17N3O2/c1-9-2-4-12-7-10(3-5-11(12)6-9)8-13(14(16)19)18-15(17)20/h2-7,13H,8H2,1H3,(H2,16,19)(H3,17,18,20). The Kier molecular flexibility index (Phi) is 3.89. The summed E-state index contributed by atoms with van der Waals surface area (Å²) in [5.74, 6) is -0.604. The molecule has 0 saturated heterocycles. The van der Waals surface area contributed by atoms with E-state index < -0.39 is 18.0 Å². The number of hydrogen-bond donors (Lipinski definition) is 3. The molecule has 2 aromatic rings. The summed E-state index contributed by atoms with van der Waals surface area (Å²) in [5, 5.41) is 4.56. The van der Waals surface area contributed by atoms with Crippen molar-refractivity contribution in [3.8, 4) is 0 Å². The molecule has 0 spiro atoms. The monoisotopic (exact) mass is 271 g/mol. The van der Waals surface area contributed by atoms with E-state index in [0.29, 0.717) is 6.42 Å². The number of benzene rings is 2. The van der Waals surface area contributed by atoms with Gasteiger partial charge in [-0.15, -0.1) is 0 Å². The van der Waals surface area contributed by atoms with Crippen molar-refractivity contribution in [3.63, 3.8) is 0 Å². The van der Waals surface area contributed by atoms with Crippen LogP contribution in [-0.2, 0) is 11.2 Å². The number of primary amides is 2. The highest BCUT2D eigenvalue weighted by atomic mass is 16.2. The highest BCUT2D eigenvalue weighted by Crippen LogP contribution is 2.18. The highest BCUT2D eigenvalue weighted by molar-refractivity contribution is 5.86. The van der Waals surface area contributed by atoms with Crippen LogP contribution in [0.25, 0.3) is 10.8 Å². The summed E-state index contributed by atoms with van der Waals surface area (Å²) in [7, 11) is 0. The molecule has 0 heterocycles. The summed E-state index contributed by atoms with van der Waals surface area (Å²) in [5.41, 5.74) is 12.4. The molecule has 0 aliphatic carbocycles. The van der Waals surface area contributed by atoms with Crippen LogP contribution in [0.1, 0.15) is 11.1 Å². The van der Waals surface area contributed by atoms with Crippen LogP contribution in [-0.4, -0.2) is 18.0 Å². The highest BCUT2D eigenvalue weighted by Gasteiger charge is 2.17. The van der Waals surface area contributed by atoms with E-state index in [1.807, 2.05) is 37.3 Å². The lowest BCUT2D eigenvalue weighted by molar-refractivity contribution is -0.119. The van der Waals surface area contributed by atoms with Crippen molar-refractivity contribution >= 4 is 22.7 Å². The second kappa shape index (κ2) is 5.61. The number of nitrogens with two attached hydrogens (primary N) is 2. The van der Waals surface area contributed by atoms with Gasteiger partial charge >= 0.3 is 6.03 Å². The fraction of sp³-hybridized carbons (Fsp3) is 0.200. The van der Waals surface area contributed by atoms with E-state index in [2.05, 4.69) is 11.4 Å². The third kappa shape index (κ3) is 3.26. The Morgan fingerprint density at radius 1 is 1.10 bits per heavy atom. The second-order valence-corrected chi connectivity index (χ2v) is 4.85. The number of hydrogen-bond acceptors (Lipinski definition) is 2. The quantitative estimate of drug-likeness (QED) is 0.779. The lowest BCUT2D eigenvalue weighted by Crippen LogP contribution is -2.47. The third-order valence-electron chi connectivity index (χ3n) is 3.16. The largest absolute Gasteiger partial charge is 0.368 e. The second-order valence-electron chi connectivity index (χ2n) is 4.85. The maximum atomic E-state index is 11.3. The zero-order valence-electron chi connectivity index (χ0n) is 11.2. The molecule has 2 rings (SSSR count). The molecule has 0 saturated carbocycles. The summed E-state index contributed by atoms with van der Waals surface area (Å²) < 4.78 is 0. The van der Waals surface area contributed by atoms with Crippen molar-refractivity contribution in [2.24, 2.45) is 11.5 Å². The molecule has 5 heteroatoms. The summed E-state index contributed by atoms with van der Waals surface area (Å²) in [6, 6.07) is 10.5. The van der Waals surface area contributed by atoms with Crippen LogP contribution in [0.2, 0.25) is 0 Å². The fourth-order valence-electron chi connectivity index (χ4n) is 2.17. The van der Waals surface area contributed by atoms with Crippen LogP contribution in [0.5, 0.6) is 0 Å². The van der Waals surface area contributed by atoms with Gasteiger partial charge in [0.15, 0.2) is 0 Å². The summed E-state index contributed by atoms with van der Waals surface area (Å²) >= 11 is 0. The van der Waals surface area contributed by atoms with Gasteiger partial charge in [0, 0.05) is 6.42 Å². The van der Waals surface area contributed by atoms with Crippen LogP contribution < -0.4 is 16.8 Å². The van der Waals surface area contributed by atoms with Gasteiger partial charge in [-0.2, -0.15) is 0 Å². The molecule has 2 aromatic carbocycles. The number of fused-ring (bicyclic) bond motifs is 1. The van der Waals surface area contributed by atoms with Gasteiger partial charge in [0.2, 0.25) is 5.91 Å². The van der Waals surface area contributed by atoms with Gasteiger partial charge in [-0.3, -0.25) is 4.79 Å². The van der Waals surface area contributed by atoms with Crippen molar-refractivity contribution in [2.45, 2.75) is 19.4 Å². The molecule has 5 N–H and O–H groups in total. The van der Waals surface area contributed by atoms with Crippen molar-refractivity contribution in [2.75, 3.05) is 0 Å². The molecular weight excluding hydrogens is 254 g/mol. The maximum absolute atomic E-state index is 11.3. The van der Waals surface area contributed by atoms with Crippen molar-refractivity contribution in [1.82, 2.24) is 5.32 Å². The Morgan fingerprint density at radius 3 is 2.40 bits per heavy atom. The van der Waals surface area contributed by atoms with E-state index in [-0.39, 0.29) is 0 Å². The normalized spacial score (nSPS) is 12.1. The lowest BCUT2D eigenvalue weighted by atomic mass is 10.0. The van der Waals surface area contributed by atoms with Gasteiger partial charge in [0.05, 0.1) is 0 Å². The molecule has 0 aliphatic heterocycles. The minimum absolute atomic E-state index is 0.322. The van der Waals surface area contributed by atoms with Gasteiger partial charge in [-0.05, 0) is 23.3 Å². The number of carbonyl (C=O) groups is 2. The first-order valence-corrected chi connectivity index (χ1v) is 6.30. The predicted molar refractivity (Wildman–Crippen MR) is 78.1 cm³/mol. The fourth-order valence-corrected chi connectivity index (χ4v) is 2.17. The third-order valence-corrected chi connectivity index (χ3v) is 3.16. The van der Waals surface area contributed by atoms with Gasteiger partial charge in [0.1, 0.15) is 6.04 Å². The molecule has 0 fully saturated rings. The first-order valence-electron chi connectivity index (χ1n) is 6.30. The topological polar surface area (TPSA) is 98.2 Å². The number of rotatable bonds is 4. The zero-order chi connectivity index (χ0) is 14.7. The van der Waals surface area contributed by atoms with E-state index in [4.69, 9.17) is 11.5 Å². The van der Waals surface area contributed by atoms with E-state index in [9.17, 15) is 9.59 Å². The molecule has 5 nitrogen and oxygen atoms in total. The molecule has 1 atom stereocenters. The maximum Gasteiger partial charge on any atom is 0.312 e. The van der Waals surface area contributed by atoms with Gasteiger partial charge in [-0.1, -0.05) is 42.0 Å². The van der Waals surface area contributed by atoms with E-state index >= 15 is 0 Å². The Labute approximate surface area is 116 Å². The SMILES string of the molecule is Cc1ccc2cc(CC(NC(N)=O)C(N)=O)ccc2c1. The van der Waals surface area contributed by atoms with E-state index in [1.54, 1.807) is 0 Å². The average molecular weight is 271 g/mol. The first kappa shape index (κ1) is 13.9. The Balaban J connectivity index is 2.26. The van der Waals surface area contributed by atoms with Crippen LogP contribution in [0, 0.1) is 6.92 Å². The lowest BCUT2D eigenvalue weighted by Gasteiger charge is -2.14. The number of amides is 3. The molecule has 0 aliphatic rings. The van der Waals surface area contributed by atoms with Crippen molar-refractivity contribution < 1.29 is 9.59 Å². The molecular formula is C15H17N3O2. The van der Waals surface area contributed by atoms with Gasteiger partial charge in [0.25, 0.3) is 0 Å². The summed E-state index contributed by atoms with van der Waals surface area (Å²) in [6.07, 6.45) is 0.322. The van der Waals surface area contributed by atoms with Crippen LogP contribution >= 0.6 is 0 Å². The molecule has 1 unspecified atom stereocenters. The minimum atomic E-state index is -0.796. The molecule has 104 valence electrons. The Bertz CT molecular complexity index is 667. The minimum Gasteiger partial charge on any atom is -0.368 e. The number of urea groups is 1. The molecule has 0 bridgehead atoms. The summed E-state index contributed by atoms with van der Waals surface area (Å²) in [6.45, 7) is 2.03. The number of carbonyl (C=O) groups excluding carboxylic acids is 2. The molecule has 3 amide bonds. The Hall–Kier alpha value is -2.56. The van der Waals surface area contributed by atoms with E-state index in [1.165, 1.54) is 5.56 Å². The number of aryl methyl sites for hydroxylation is 1.